The molecule has 0 saturated carbocycles. The van der Waals surface area contributed by atoms with Crippen LogP contribution in [0.5, 0.6) is 5.75 Å². The molecule has 3 rings (SSSR count). The summed E-state index contributed by atoms with van der Waals surface area (Å²) in [6, 6.07) is 8.15. The van der Waals surface area contributed by atoms with Gasteiger partial charge in [-0.3, -0.25) is 4.79 Å². The van der Waals surface area contributed by atoms with E-state index >= 15 is 0 Å². The number of thiophene rings is 1. The first kappa shape index (κ1) is 18.9. The van der Waals surface area contributed by atoms with Gasteiger partial charge in [0.15, 0.2) is 0 Å². The number of hydrogen-bond acceptors (Lipinski definition) is 5. The fraction of sp³-hybridized carbons (Fsp3) is 0.389. The average Bonchev–Trinajstić information content (AvgIpc) is 3.24. The third-order valence-electron chi connectivity index (χ3n) is 4.40. The third-order valence-corrected chi connectivity index (χ3v) is 7.77. The van der Waals surface area contributed by atoms with Crippen molar-refractivity contribution in [2.45, 2.75) is 36.9 Å². The fourth-order valence-corrected chi connectivity index (χ4v) is 6.16. The molecule has 1 saturated heterocycles. The van der Waals surface area contributed by atoms with Crippen molar-refractivity contribution in [3.63, 3.8) is 0 Å². The molecule has 1 aliphatic heterocycles. The topological polar surface area (TPSA) is 75.7 Å². The smallest absolute Gasteiger partial charge is 0.253 e. The Kier molecular flexibility index (Phi) is 5.36. The van der Waals surface area contributed by atoms with E-state index in [9.17, 15) is 13.2 Å². The summed E-state index contributed by atoms with van der Waals surface area (Å²) >= 11 is 1.23. The van der Waals surface area contributed by atoms with Crippen molar-refractivity contribution in [1.82, 2.24) is 4.31 Å². The highest BCUT2D eigenvalue weighted by atomic mass is 32.2. The number of hydrogen-bond donors (Lipinski definition) is 1. The van der Waals surface area contributed by atoms with Crippen molar-refractivity contribution in [2.75, 3.05) is 19.0 Å². The van der Waals surface area contributed by atoms with Crippen molar-refractivity contribution >= 4 is 33.0 Å². The predicted molar refractivity (Wildman–Crippen MR) is 102 cm³/mol. The van der Waals surface area contributed by atoms with Crippen molar-refractivity contribution in [3.8, 4) is 5.75 Å². The molecule has 0 spiro atoms. The molecule has 1 amide bonds. The monoisotopic (exact) mass is 394 g/mol. The summed E-state index contributed by atoms with van der Waals surface area (Å²) in [5.74, 6) is 0.216. The lowest BCUT2D eigenvalue weighted by Crippen LogP contribution is -2.42. The lowest BCUT2D eigenvalue weighted by molar-refractivity contribution is -0.119. The molecule has 1 atom stereocenters. The Morgan fingerprint density at radius 3 is 2.69 bits per heavy atom. The van der Waals surface area contributed by atoms with Crippen LogP contribution in [-0.2, 0) is 14.8 Å². The second-order valence-corrected chi connectivity index (χ2v) is 9.74. The summed E-state index contributed by atoms with van der Waals surface area (Å²) in [7, 11) is -2.13. The van der Waals surface area contributed by atoms with E-state index < -0.39 is 16.1 Å². The van der Waals surface area contributed by atoms with Gasteiger partial charge in [-0.2, -0.15) is 4.31 Å². The number of anilines is 1. The van der Waals surface area contributed by atoms with Gasteiger partial charge in [0.2, 0.25) is 5.91 Å². The van der Waals surface area contributed by atoms with Gasteiger partial charge in [-0.1, -0.05) is 6.07 Å². The van der Waals surface area contributed by atoms with Crippen LogP contribution in [0.15, 0.2) is 34.5 Å². The van der Waals surface area contributed by atoms with E-state index in [2.05, 4.69) is 5.32 Å². The molecular formula is C18H22N2O4S2. The Morgan fingerprint density at radius 1 is 1.27 bits per heavy atom. The molecule has 0 aliphatic carbocycles. The number of aryl methyl sites for hydroxylation is 2. The van der Waals surface area contributed by atoms with E-state index in [1.165, 1.54) is 22.8 Å². The predicted octanol–water partition coefficient (Wildman–Crippen LogP) is 3.17. The SMILES string of the molecule is COc1ccc(C)cc1NC(=O)C1CCCN1S(=O)(=O)c1ccc(C)s1. The molecule has 1 unspecified atom stereocenters. The van der Waals surface area contributed by atoms with E-state index in [4.69, 9.17) is 4.74 Å². The maximum atomic E-state index is 12.9. The van der Waals surface area contributed by atoms with E-state index in [1.807, 2.05) is 26.0 Å². The van der Waals surface area contributed by atoms with Crippen LogP contribution in [0.2, 0.25) is 0 Å². The molecule has 26 heavy (non-hydrogen) atoms. The molecule has 2 aromatic rings. The quantitative estimate of drug-likeness (QED) is 0.845. The molecule has 140 valence electrons. The lowest BCUT2D eigenvalue weighted by atomic mass is 10.1. The highest BCUT2D eigenvalue weighted by molar-refractivity contribution is 7.91. The van der Waals surface area contributed by atoms with Crippen LogP contribution in [0.25, 0.3) is 0 Å². The van der Waals surface area contributed by atoms with Crippen LogP contribution in [0.4, 0.5) is 5.69 Å². The standard InChI is InChI=1S/C18H22N2O4S2/c1-12-6-8-16(24-3)14(11-12)19-18(21)15-5-4-10-20(15)26(22,23)17-9-7-13(2)25-17/h6-9,11,15H,4-5,10H2,1-3H3,(H,19,21). The van der Waals surface area contributed by atoms with E-state index in [-0.39, 0.29) is 10.1 Å². The molecule has 2 heterocycles. The summed E-state index contributed by atoms with van der Waals surface area (Å²) in [5, 5.41) is 2.84. The summed E-state index contributed by atoms with van der Waals surface area (Å²) < 4.78 is 32.7. The number of rotatable bonds is 5. The Bertz CT molecular complexity index is 921. The number of benzene rings is 1. The molecule has 1 N–H and O–H groups in total. The second kappa shape index (κ2) is 7.38. The first-order valence-electron chi connectivity index (χ1n) is 8.36. The number of sulfonamides is 1. The van der Waals surface area contributed by atoms with Crippen LogP contribution >= 0.6 is 11.3 Å². The maximum Gasteiger partial charge on any atom is 0.253 e. The number of nitrogens with zero attached hydrogens (tertiary/aromatic N) is 1. The molecular weight excluding hydrogens is 372 g/mol. The van der Waals surface area contributed by atoms with Gasteiger partial charge in [-0.05, 0) is 56.5 Å². The minimum Gasteiger partial charge on any atom is -0.495 e. The number of nitrogens with one attached hydrogen (secondary N) is 1. The van der Waals surface area contributed by atoms with Gasteiger partial charge in [0.1, 0.15) is 16.0 Å². The van der Waals surface area contributed by atoms with Gasteiger partial charge in [-0.15, -0.1) is 11.3 Å². The molecule has 1 aromatic heterocycles. The Hall–Kier alpha value is -1.90. The van der Waals surface area contributed by atoms with Gasteiger partial charge in [0.25, 0.3) is 10.0 Å². The van der Waals surface area contributed by atoms with Crippen LogP contribution < -0.4 is 10.1 Å². The first-order valence-corrected chi connectivity index (χ1v) is 10.6. The van der Waals surface area contributed by atoms with Crippen LogP contribution in [0, 0.1) is 13.8 Å². The normalized spacial score (nSPS) is 18.0. The summed E-state index contributed by atoms with van der Waals surface area (Å²) in [5.41, 5.74) is 1.53. The Balaban J connectivity index is 1.84. The maximum absolute atomic E-state index is 12.9. The number of methoxy groups -OCH3 is 1. The van der Waals surface area contributed by atoms with Gasteiger partial charge < -0.3 is 10.1 Å². The van der Waals surface area contributed by atoms with Gasteiger partial charge in [-0.25, -0.2) is 8.42 Å². The Morgan fingerprint density at radius 2 is 2.04 bits per heavy atom. The Labute approximate surface area is 157 Å². The minimum absolute atomic E-state index is 0.280. The molecule has 1 aliphatic rings. The summed E-state index contributed by atoms with van der Waals surface area (Å²) in [6.07, 6.45) is 1.16. The summed E-state index contributed by atoms with van der Waals surface area (Å²) in [6.45, 7) is 4.13. The van der Waals surface area contributed by atoms with Gasteiger partial charge in [0.05, 0.1) is 12.8 Å². The van der Waals surface area contributed by atoms with Crippen LogP contribution in [0.3, 0.4) is 0 Å². The van der Waals surface area contributed by atoms with Crippen molar-refractivity contribution in [3.05, 3.63) is 40.8 Å². The first-order chi connectivity index (χ1) is 12.3. The third kappa shape index (κ3) is 3.62. The number of carbonyl (C=O) groups is 1. The van der Waals surface area contributed by atoms with Crippen molar-refractivity contribution in [2.24, 2.45) is 0 Å². The van der Waals surface area contributed by atoms with Crippen molar-refractivity contribution < 1.29 is 17.9 Å². The summed E-state index contributed by atoms with van der Waals surface area (Å²) in [4.78, 5) is 13.7. The van der Waals surface area contributed by atoms with E-state index in [0.29, 0.717) is 30.8 Å². The van der Waals surface area contributed by atoms with Gasteiger partial charge >= 0.3 is 0 Å². The minimum atomic E-state index is -3.67. The highest BCUT2D eigenvalue weighted by Crippen LogP contribution is 2.32. The molecule has 0 radical (unpaired) electrons. The number of ether oxygens (including phenoxy) is 1. The molecule has 1 fully saturated rings. The zero-order valence-corrected chi connectivity index (χ0v) is 16.6. The second-order valence-electron chi connectivity index (χ2n) is 6.33. The lowest BCUT2D eigenvalue weighted by Gasteiger charge is -2.23. The highest BCUT2D eigenvalue weighted by Gasteiger charge is 2.40. The molecule has 6 nitrogen and oxygen atoms in total. The van der Waals surface area contributed by atoms with E-state index in [1.54, 1.807) is 18.2 Å². The zero-order valence-electron chi connectivity index (χ0n) is 15.0. The average molecular weight is 395 g/mol. The number of amides is 1. The van der Waals surface area contributed by atoms with Crippen LogP contribution in [-0.4, -0.2) is 38.3 Å². The van der Waals surface area contributed by atoms with Crippen LogP contribution in [0.1, 0.15) is 23.3 Å². The largest absolute Gasteiger partial charge is 0.495 e. The molecule has 8 heteroatoms. The number of carbonyl (C=O) groups excluding carboxylic acids is 1. The van der Waals surface area contributed by atoms with Gasteiger partial charge in [0, 0.05) is 11.4 Å². The van der Waals surface area contributed by atoms with Crippen molar-refractivity contribution in [1.29, 1.82) is 0 Å². The fourth-order valence-electron chi connectivity index (χ4n) is 3.09. The molecule has 0 bridgehead atoms. The zero-order chi connectivity index (χ0) is 18.9. The van der Waals surface area contributed by atoms with E-state index in [0.717, 1.165) is 10.4 Å². The molecule has 1 aromatic carbocycles.